The van der Waals surface area contributed by atoms with Crippen LogP contribution in [0.25, 0.3) is 11.0 Å². The molecule has 3 rings (SSSR count). The molecule has 0 bridgehead atoms. The number of hydrogen-bond acceptors (Lipinski definition) is 2. The van der Waals surface area contributed by atoms with Gasteiger partial charge in [0.25, 0.3) is 0 Å². The number of para-hydroxylation sites is 1. The lowest BCUT2D eigenvalue weighted by atomic mass is 9.95. The molecule has 1 aliphatic rings. The lowest BCUT2D eigenvalue weighted by Crippen LogP contribution is -2.19. The van der Waals surface area contributed by atoms with E-state index in [-0.39, 0.29) is 11.7 Å². The minimum absolute atomic E-state index is 0.140. The largest absolute Gasteiger partial charge is 0.481 e. The molecule has 0 aliphatic heterocycles. The second-order valence-corrected chi connectivity index (χ2v) is 5.76. The number of rotatable bonds is 2. The fourth-order valence-corrected chi connectivity index (χ4v) is 3.38. The SMILES string of the molecule is CC1CC(C(=O)O)C(c2nc3c(F)cccc3n2C)C1. The number of carboxylic acids is 1. The number of nitrogens with zero attached hydrogens (tertiary/aromatic N) is 2. The third-order valence-corrected chi connectivity index (χ3v) is 4.34. The second kappa shape index (κ2) is 4.58. The molecule has 20 heavy (non-hydrogen) atoms. The van der Waals surface area contributed by atoms with Crippen molar-refractivity contribution in [2.24, 2.45) is 18.9 Å². The van der Waals surface area contributed by atoms with Crippen molar-refractivity contribution >= 4 is 17.0 Å². The van der Waals surface area contributed by atoms with Gasteiger partial charge in [0.1, 0.15) is 11.3 Å². The van der Waals surface area contributed by atoms with Crippen LogP contribution >= 0.6 is 0 Å². The van der Waals surface area contributed by atoms with E-state index in [0.29, 0.717) is 29.2 Å². The van der Waals surface area contributed by atoms with Gasteiger partial charge in [-0.3, -0.25) is 4.79 Å². The van der Waals surface area contributed by atoms with E-state index in [1.54, 1.807) is 6.07 Å². The maximum atomic E-state index is 13.8. The highest BCUT2D eigenvalue weighted by atomic mass is 19.1. The number of aromatic nitrogens is 2. The summed E-state index contributed by atoms with van der Waals surface area (Å²) in [5, 5.41) is 9.37. The molecular formula is C15H17FN2O2. The summed E-state index contributed by atoms with van der Waals surface area (Å²) in [6, 6.07) is 4.84. The smallest absolute Gasteiger partial charge is 0.307 e. The van der Waals surface area contributed by atoms with Gasteiger partial charge in [-0.25, -0.2) is 9.37 Å². The van der Waals surface area contributed by atoms with Crippen LogP contribution in [0.5, 0.6) is 0 Å². The Bertz CT molecular complexity index is 680. The third-order valence-electron chi connectivity index (χ3n) is 4.34. The monoisotopic (exact) mass is 276 g/mol. The molecule has 0 amide bonds. The quantitative estimate of drug-likeness (QED) is 0.917. The summed E-state index contributed by atoms with van der Waals surface area (Å²) in [5.41, 5.74) is 1.04. The van der Waals surface area contributed by atoms with Crippen molar-refractivity contribution < 1.29 is 14.3 Å². The number of hydrogen-bond donors (Lipinski definition) is 1. The Kier molecular flexibility index (Phi) is 3.00. The highest BCUT2D eigenvalue weighted by Gasteiger charge is 2.40. The van der Waals surface area contributed by atoms with Crippen LogP contribution in [-0.2, 0) is 11.8 Å². The molecular weight excluding hydrogens is 259 g/mol. The summed E-state index contributed by atoms with van der Waals surface area (Å²) >= 11 is 0. The van der Waals surface area contributed by atoms with Crippen molar-refractivity contribution in [3.05, 3.63) is 29.8 Å². The molecule has 106 valence electrons. The Morgan fingerprint density at radius 1 is 1.45 bits per heavy atom. The predicted molar refractivity (Wildman–Crippen MR) is 72.9 cm³/mol. The van der Waals surface area contributed by atoms with E-state index < -0.39 is 11.9 Å². The van der Waals surface area contributed by atoms with E-state index >= 15 is 0 Å². The fourth-order valence-electron chi connectivity index (χ4n) is 3.38. The summed E-state index contributed by atoms with van der Waals surface area (Å²) in [7, 11) is 1.83. The highest BCUT2D eigenvalue weighted by molar-refractivity contribution is 5.77. The van der Waals surface area contributed by atoms with Gasteiger partial charge in [0, 0.05) is 13.0 Å². The average Bonchev–Trinajstić information content (AvgIpc) is 2.92. The Morgan fingerprint density at radius 2 is 2.20 bits per heavy atom. The maximum Gasteiger partial charge on any atom is 0.307 e. The number of fused-ring (bicyclic) bond motifs is 1. The number of carbonyl (C=O) groups is 1. The summed E-state index contributed by atoms with van der Waals surface area (Å²) in [5.74, 6) is -0.676. The Labute approximate surface area is 116 Å². The van der Waals surface area contributed by atoms with Crippen LogP contribution < -0.4 is 0 Å². The van der Waals surface area contributed by atoms with Gasteiger partial charge >= 0.3 is 5.97 Å². The fraction of sp³-hybridized carbons (Fsp3) is 0.467. The number of imidazole rings is 1. The lowest BCUT2D eigenvalue weighted by molar-refractivity contribution is -0.142. The molecule has 1 aliphatic carbocycles. The van der Waals surface area contributed by atoms with Crippen LogP contribution in [0.4, 0.5) is 4.39 Å². The molecule has 0 radical (unpaired) electrons. The molecule has 1 saturated carbocycles. The summed E-state index contributed by atoms with van der Waals surface area (Å²) < 4.78 is 15.6. The number of aliphatic carboxylic acids is 1. The van der Waals surface area contributed by atoms with Crippen LogP contribution in [-0.4, -0.2) is 20.6 Å². The molecule has 5 heteroatoms. The minimum Gasteiger partial charge on any atom is -0.481 e. The molecule has 2 aromatic rings. The first-order valence-electron chi connectivity index (χ1n) is 6.82. The molecule has 1 heterocycles. The summed E-state index contributed by atoms with van der Waals surface area (Å²) in [4.78, 5) is 15.8. The van der Waals surface area contributed by atoms with Gasteiger partial charge in [0.05, 0.1) is 11.4 Å². The lowest BCUT2D eigenvalue weighted by Gasteiger charge is -2.15. The van der Waals surface area contributed by atoms with E-state index in [2.05, 4.69) is 11.9 Å². The first-order chi connectivity index (χ1) is 9.49. The molecule has 1 aromatic heterocycles. The van der Waals surface area contributed by atoms with Crippen LogP contribution in [0, 0.1) is 17.7 Å². The van der Waals surface area contributed by atoms with Crippen molar-refractivity contribution in [2.75, 3.05) is 0 Å². The molecule has 1 fully saturated rings. The van der Waals surface area contributed by atoms with Gasteiger partial charge in [-0.1, -0.05) is 13.0 Å². The van der Waals surface area contributed by atoms with Gasteiger partial charge in [0.15, 0.2) is 5.82 Å². The normalized spacial score (nSPS) is 26.2. The zero-order chi connectivity index (χ0) is 14.4. The minimum atomic E-state index is -0.785. The first-order valence-corrected chi connectivity index (χ1v) is 6.82. The van der Waals surface area contributed by atoms with Gasteiger partial charge in [-0.2, -0.15) is 0 Å². The summed E-state index contributed by atoms with van der Waals surface area (Å²) in [6.45, 7) is 2.05. The van der Waals surface area contributed by atoms with Gasteiger partial charge in [-0.15, -0.1) is 0 Å². The van der Waals surface area contributed by atoms with Crippen LogP contribution in [0.15, 0.2) is 18.2 Å². The maximum absolute atomic E-state index is 13.8. The van der Waals surface area contributed by atoms with Gasteiger partial charge in [0.2, 0.25) is 0 Å². The first kappa shape index (κ1) is 13.1. The Hall–Kier alpha value is -1.91. The third kappa shape index (κ3) is 1.88. The number of carboxylic acid groups (broad SMARTS) is 1. The zero-order valence-electron chi connectivity index (χ0n) is 11.5. The number of benzene rings is 1. The molecule has 3 atom stereocenters. The van der Waals surface area contributed by atoms with E-state index in [1.807, 2.05) is 17.7 Å². The molecule has 1 aromatic carbocycles. The zero-order valence-corrected chi connectivity index (χ0v) is 11.5. The van der Waals surface area contributed by atoms with Crippen LogP contribution in [0.1, 0.15) is 31.5 Å². The molecule has 1 N–H and O–H groups in total. The molecule has 3 unspecified atom stereocenters. The average molecular weight is 276 g/mol. The Balaban J connectivity index is 2.12. The summed E-state index contributed by atoms with van der Waals surface area (Å²) in [6.07, 6.45) is 1.45. The van der Waals surface area contributed by atoms with Crippen LogP contribution in [0.2, 0.25) is 0 Å². The van der Waals surface area contributed by atoms with E-state index in [1.165, 1.54) is 6.07 Å². The highest BCUT2D eigenvalue weighted by Crippen LogP contribution is 2.43. The van der Waals surface area contributed by atoms with Gasteiger partial charge in [-0.05, 0) is 30.9 Å². The standard InChI is InChI=1S/C15H17FN2O2/c1-8-6-9(10(7-8)15(19)20)14-17-13-11(16)4-3-5-12(13)18(14)2/h3-5,8-10H,6-7H2,1-2H3,(H,19,20). The number of aryl methyl sites for hydroxylation is 1. The van der Waals surface area contributed by atoms with Crippen molar-refractivity contribution in [1.82, 2.24) is 9.55 Å². The van der Waals surface area contributed by atoms with Crippen molar-refractivity contribution in [2.45, 2.75) is 25.7 Å². The van der Waals surface area contributed by atoms with Gasteiger partial charge < -0.3 is 9.67 Å². The van der Waals surface area contributed by atoms with Crippen molar-refractivity contribution in [3.63, 3.8) is 0 Å². The van der Waals surface area contributed by atoms with Crippen molar-refractivity contribution in [3.8, 4) is 0 Å². The van der Waals surface area contributed by atoms with E-state index in [4.69, 9.17) is 0 Å². The number of halogens is 1. The predicted octanol–water partition coefficient (Wildman–Crippen LogP) is 2.93. The topological polar surface area (TPSA) is 55.1 Å². The molecule has 0 spiro atoms. The second-order valence-electron chi connectivity index (χ2n) is 5.76. The van der Waals surface area contributed by atoms with Crippen LogP contribution in [0.3, 0.4) is 0 Å². The molecule has 0 saturated heterocycles. The Morgan fingerprint density at radius 3 is 2.85 bits per heavy atom. The van der Waals surface area contributed by atoms with E-state index in [9.17, 15) is 14.3 Å². The molecule has 4 nitrogen and oxygen atoms in total. The van der Waals surface area contributed by atoms with Crippen molar-refractivity contribution in [1.29, 1.82) is 0 Å². The van der Waals surface area contributed by atoms with E-state index in [0.717, 1.165) is 6.42 Å².